The van der Waals surface area contributed by atoms with Crippen LogP contribution in [0.1, 0.15) is 33.3 Å². The van der Waals surface area contributed by atoms with Gasteiger partial charge in [0.1, 0.15) is 7.85 Å². The fourth-order valence-electron chi connectivity index (χ4n) is 3.24. The molecule has 1 aromatic rings. The first-order valence-corrected chi connectivity index (χ1v) is 5.95. The van der Waals surface area contributed by atoms with Crippen molar-refractivity contribution in [2.24, 2.45) is 5.92 Å². The third-order valence-electron chi connectivity index (χ3n) is 4.38. The van der Waals surface area contributed by atoms with Crippen molar-refractivity contribution in [2.75, 3.05) is 11.9 Å². The van der Waals surface area contributed by atoms with Gasteiger partial charge in [0.05, 0.1) is 0 Å². The van der Waals surface area contributed by atoms with Gasteiger partial charge in [-0.1, -0.05) is 45.9 Å². The van der Waals surface area contributed by atoms with Crippen molar-refractivity contribution < 1.29 is 0 Å². The highest BCUT2D eigenvalue weighted by molar-refractivity contribution is 6.20. The molecule has 0 saturated heterocycles. The van der Waals surface area contributed by atoms with Crippen molar-refractivity contribution in [1.29, 1.82) is 0 Å². The van der Waals surface area contributed by atoms with Crippen molar-refractivity contribution in [2.45, 2.75) is 38.5 Å². The van der Waals surface area contributed by atoms with E-state index in [1.807, 2.05) is 0 Å². The average molecular weight is 213 g/mol. The summed E-state index contributed by atoms with van der Waals surface area (Å²) >= 11 is 0. The molecule has 2 heteroatoms. The third-order valence-corrected chi connectivity index (χ3v) is 4.38. The van der Waals surface area contributed by atoms with E-state index in [4.69, 9.17) is 7.85 Å². The smallest absolute Gasteiger partial charge is 0.105 e. The van der Waals surface area contributed by atoms with Crippen LogP contribution in [0.4, 0.5) is 5.69 Å². The molecule has 1 aliphatic heterocycles. The van der Waals surface area contributed by atoms with E-state index in [9.17, 15) is 0 Å². The van der Waals surface area contributed by atoms with Crippen LogP contribution in [0.5, 0.6) is 0 Å². The predicted octanol–water partition coefficient (Wildman–Crippen LogP) is 2.93. The molecule has 1 atom stereocenters. The van der Waals surface area contributed by atoms with Crippen LogP contribution in [-0.4, -0.2) is 20.3 Å². The Kier molecular flexibility index (Phi) is 2.38. The second-order valence-corrected chi connectivity index (χ2v) is 5.68. The molecule has 0 amide bonds. The Balaban J connectivity index is 2.66. The van der Waals surface area contributed by atoms with E-state index in [-0.39, 0.29) is 10.9 Å². The second-order valence-electron chi connectivity index (χ2n) is 5.68. The summed E-state index contributed by atoms with van der Waals surface area (Å²) in [5.74, 6) is 0.403. The first kappa shape index (κ1) is 11.6. The molecule has 0 fully saturated rings. The lowest BCUT2D eigenvalue weighted by atomic mass is 9.54. The standard InChI is InChI=1S/C14H20BN/c1-10(2)14(15)13(3,4)11-8-6-7-9-12(11)16(14)5/h6-10H,1-5H3. The Morgan fingerprint density at radius 2 is 1.75 bits per heavy atom. The van der Waals surface area contributed by atoms with Gasteiger partial charge in [-0.2, -0.15) is 0 Å². The molecule has 0 aliphatic carbocycles. The van der Waals surface area contributed by atoms with Gasteiger partial charge in [0.2, 0.25) is 0 Å². The number of anilines is 1. The maximum Gasteiger partial charge on any atom is 0.105 e. The third kappa shape index (κ3) is 1.13. The number of fused-ring (bicyclic) bond motifs is 1. The summed E-state index contributed by atoms with van der Waals surface area (Å²) in [5, 5.41) is 0. The molecule has 0 spiro atoms. The number of para-hydroxylation sites is 1. The summed E-state index contributed by atoms with van der Waals surface area (Å²) in [4.78, 5) is 2.24. The van der Waals surface area contributed by atoms with E-state index in [2.05, 4.69) is 63.9 Å². The summed E-state index contributed by atoms with van der Waals surface area (Å²) in [6, 6.07) is 8.54. The second kappa shape index (κ2) is 3.29. The average Bonchev–Trinajstić information content (AvgIpc) is 2.40. The van der Waals surface area contributed by atoms with Crippen LogP contribution < -0.4 is 4.90 Å². The summed E-state index contributed by atoms with van der Waals surface area (Å²) in [6.07, 6.45) is 0. The van der Waals surface area contributed by atoms with Gasteiger partial charge in [0.15, 0.2) is 0 Å². The van der Waals surface area contributed by atoms with Gasteiger partial charge in [-0.05, 0) is 17.5 Å². The molecule has 2 rings (SSSR count). The number of hydrogen-bond acceptors (Lipinski definition) is 1. The monoisotopic (exact) mass is 213 g/mol. The van der Waals surface area contributed by atoms with Gasteiger partial charge in [0, 0.05) is 23.6 Å². The van der Waals surface area contributed by atoms with Crippen LogP contribution in [-0.2, 0) is 5.41 Å². The minimum Gasteiger partial charge on any atom is -0.376 e. The molecule has 84 valence electrons. The molecule has 0 bridgehead atoms. The quantitative estimate of drug-likeness (QED) is 0.648. The topological polar surface area (TPSA) is 3.24 Å². The highest BCUT2D eigenvalue weighted by Gasteiger charge is 2.52. The van der Waals surface area contributed by atoms with Gasteiger partial charge in [-0.15, -0.1) is 0 Å². The first-order chi connectivity index (χ1) is 7.33. The van der Waals surface area contributed by atoms with Crippen molar-refractivity contribution in [3.05, 3.63) is 29.8 Å². The Morgan fingerprint density at radius 1 is 1.19 bits per heavy atom. The highest BCUT2D eigenvalue weighted by atomic mass is 15.2. The van der Waals surface area contributed by atoms with E-state index in [0.29, 0.717) is 5.92 Å². The Hall–Kier alpha value is -0.915. The predicted molar refractivity (Wildman–Crippen MR) is 71.2 cm³/mol. The molecule has 1 aromatic carbocycles. The molecule has 0 saturated carbocycles. The van der Waals surface area contributed by atoms with Crippen molar-refractivity contribution in [3.8, 4) is 0 Å². The Bertz CT molecular complexity index is 411. The fourth-order valence-corrected chi connectivity index (χ4v) is 3.24. The van der Waals surface area contributed by atoms with Crippen LogP contribution in [0, 0.1) is 5.92 Å². The summed E-state index contributed by atoms with van der Waals surface area (Å²) in [7, 11) is 8.80. The minimum atomic E-state index is -0.309. The SMILES string of the molecule is [B]C1(C(C)C)N(C)c2ccccc2C1(C)C. The molecular weight excluding hydrogens is 193 g/mol. The lowest BCUT2D eigenvalue weighted by molar-refractivity contribution is 0.294. The highest BCUT2D eigenvalue weighted by Crippen LogP contribution is 2.52. The zero-order chi connectivity index (χ0) is 12.1. The van der Waals surface area contributed by atoms with Crippen molar-refractivity contribution >= 4 is 13.5 Å². The number of rotatable bonds is 1. The zero-order valence-electron chi connectivity index (χ0n) is 10.9. The lowest BCUT2D eigenvalue weighted by Crippen LogP contribution is -2.58. The first-order valence-electron chi connectivity index (χ1n) is 5.95. The molecular formula is C14H20BN. The molecule has 1 aliphatic rings. The normalized spacial score (nSPS) is 27.2. The lowest BCUT2D eigenvalue weighted by Gasteiger charge is -2.48. The molecule has 0 N–H and O–H groups in total. The van der Waals surface area contributed by atoms with Gasteiger partial charge in [-0.25, -0.2) is 0 Å². The van der Waals surface area contributed by atoms with Gasteiger partial charge >= 0.3 is 0 Å². The maximum atomic E-state index is 6.70. The van der Waals surface area contributed by atoms with E-state index in [1.165, 1.54) is 11.3 Å². The van der Waals surface area contributed by atoms with Crippen LogP contribution in [0.15, 0.2) is 24.3 Å². The molecule has 0 aromatic heterocycles. The number of benzene rings is 1. The summed E-state index contributed by atoms with van der Waals surface area (Å²) in [5.41, 5.74) is 2.29. The van der Waals surface area contributed by atoms with E-state index < -0.39 is 0 Å². The van der Waals surface area contributed by atoms with Gasteiger partial charge in [0.25, 0.3) is 0 Å². The molecule has 1 heterocycles. The minimum absolute atomic E-state index is 0.0213. The summed E-state index contributed by atoms with van der Waals surface area (Å²) < 4.78 is 0. The Morgan fingerprint density at radius 3 is 2.25 bits per heavy atom. The van der Waals surface area contributed by atoms with Crippen LogP contribution >= 0.6 is 0 Å². The Labute approximate surface area is 100 Å². The van der Waals surface area contributed by atoms with E-state index in [1.54, 1.807) is 0 Å². The van der Waals surface area contributed by atoms with Crippen LogP contribution in [0.3, 0.4) is 0 Å². The van der Waals surface area contributed by atoms with Crippen molar-refractivity contribution in [3.63, 3.8) is 0 Å². The molecule has 2 radical (unpaired) electrons. The van der Waals surface area contributed by atoms with E-state index >= 15 is 0 Å². The van der Waals surface area contributed by atoms with Crippen LogP contribution in [0.2, 0.25) is 0 Å². The van der Waals surface area contributed by atoms with Crippen LogP contribution in [0.25, 0.3) is 0 Å². The van der Waals surface area contributed by atoms with E-state index in [0.717, 1.165) is 0 Å². The number of nitrogens with zero attached hydrogens (tertiary/aromatic N) is 1. The zero-order valence-corrected chi connectivity index (χ0v) is 10.9. The number of hydrogen-bond donors (Lipinski definition) is 0. The number of likely N-dealkylation sites (N-methyl/N-ethyl adjacent to an activating group) is 1. The van der Waals surface area contributed by atoms with Crippen molar-refractivity contribution in [1.82, 2.24) is 0 Å². The van der Waals surface area contributed by atoms with Gasteiger partial charge < -0.3 is 4.90 Å². The molecule has 1 unspecified atom stereocenters. The maximum absolute atomic E-state index is 6.70. The summed E-state index contributed by atoms with van der Waals surface area (Å²) in [6.45, 7) is 8.89. The molecule has 16 heavy (non-hydrogen) atoms. The molecule has 1 nitrogen and oxygen atoms in total. The fraction of sp³-hybridized carbons (Fsp3) is 0.571. The van der Waals surface area contributed by atoms with Gasteiger partial charge in [-0.3, -0.25) is 0 Å². The largest absolute Gasteiger partial charge is 0.376 e.